The Morgan fingerprint density at radius 3 is 2.83 bits per heavy atom. The molecule has 1 atom stereocenters. The first-order valence-electron chi connectivity index (χ1n) is 8.17. The van der Waals surface area contributed by atoms with Crippen LogP contribution in [0, 0.1) is 5.92 Å². The zero-order chi connectivity index (χ0) is 16.4. The van der Waals surface area contributed by atoms with Crippen molar-refractivity contribution < 1.29 is 9.53 Å². The summed E-state index contributed by atoms with van der Waals surface area (Å²) >= 11 is 0. The molecule has 1 saturated heterocycles. The number of carbonyl (C=O) groups excluding carboxylic acids is 1. The molecule has 1 aromatic carbocycles. The topological polar surface area (TPSA) is 82.2 Å². The van der Waals surface area contributed by atoms with Gasteiger partial charge in [-0.2, -0.15) is 5.10 Å². The van der Waals surface area contributed by atoms with E-state index < -0.39 is 6.04 Å². The maximum Gasteiger partial charge on any atom is 0.241 e. The van der Waals surface area contributed by atoms with E-state index in [1.165, 1.54) is 0 Å². The summed E-state index contributed by atoms with van der Waals surface area (Å²) in [5.74, 6) is 0.0590. The quantitative estimate of drug-likeness (QED) is 0.907. The summed E-state index contributed by atoms with van der Waals surface area (Å²) in [4.78, 5) is 12.4. The van der Waals surface area contributed by atoms with Crippen LogP contribution in [0.4, 0.5) is 5.69 Å². The fourth-order valence-electron chi connectivity index (χ4n) is 2.90. The van der Waals surface area contributed by atoms with Crippen molar-refractivity contribution in [2.45, 2.75) is 38.8 Å². The Labute approximate surface area is 136 Å². The predicted octanol–water partition coefficient (Wildman–Crippen LogP) is 2.31. The Kier molecular flexibility index (Phi) is 4.63. The lowest BCUT2D eigenvalue weighted by Crippen LogP contribution is -2.43. The minimum absolute atomic E-state index is 0.132. The molecule has 1 unspecified atom stereocenters. The molecule has 2 heterocycles. The monoisotopic (exact) mass is 316 g/mol. The number of carbonyl (C=O) groups is 1. The third-order valence-corrected chi connectivity index (χ3v) is 4.40. The van der Waals surface area contributed by atoms with Crippen molar-refractivity contribution in [3.8, 4) is 0 Å². The minimum atomic E-state index is -0.493. The van der Waals surface area contributed by atoms with Crippen molar-refractivity contribution >= 4 is 22.5 Å². The molecule has 1 aliphatic rings. The molecule has 3 rings (SSSR count). The van der Waals surface area contributed by atoms with Crippen molar-refractivity contribution in [1.82, 2.24) is 9.78 Å². The lowest BCUT2D eigenvalue weighted by molar-refractivity contribution is -0.119. The number of fused-ring (bicyclic) bond motifs is 1. The molecule has 1 aliphatic heterocycles. The normalized spacial score (nSPS) is 17.6. The van der Waals surface area contributed by atoms with E-state index in [2.05, 4.69) is 24.3 Å². The van der Waals surface area contributed by atoms with Crippen LogP contribution < -0.4 is 11.1 Å². The number of nitrogens with one attached hydrogen (secondary N) is 1. The number of aromatic nitrogens is 2. The van der Waals surface area contributed by atoms with Crippen LogP contribution in [-0.4, -0.2) is 34.9 Å². The van der Waals surface area contributed by atoms with Crippen LogP contribution in [0.25, 0.3) is 10.9 Å². The lowest BCUT2D eigenvalue weighted by atomic mass is 9.92. The molecule has 0 saturated carbocycles. The second-order valence-electron chi connectivity index (χ2n) is 6.44. The van der Waals surface area contributed by atoms with Crippen molar-refractivity contribution in [2.24, 2.45) is 11.7 Å². The number of hydrogen-bond acceptors (Lipinski definition) is 4. The zero-order valence-electron chi connectivity index (χ0n) is 13.7. The first kappa shape index (κ1) is 16.0. The Bertz CT molecular complexity index is 689. The summed E-state index contributed by atoms with van der Waals surface area (Å²) in [6, 6.07) is 5.55. The molecule has 0 aliphatic carbocycles. The predicted molar refractivity (Wildman–Crippen MR) is 90.3 cm³/mol. The number of rotatable bonds is 4. The molecule has 1 fully saturated rings. The van der Waals surface area contributed by atoms with Gasteiger partial charge in [0, 0.05) is 36.5 Å². The highest BCUT2D eigenvalue weighted by molar-refractivity contribution is 5.96. The molecule has 0 bridgehead atoms. The van der Waals surface area contributed by atoms with E-state index in [-0.39, 0.29) is 11.8 Å². The van der Waals surface area contributed by atoms with E-state index in [1.54, 1.807) is 0 Å². The SMILES string of the molecule is CC(C)n1cc2cc(NC(=O)C(N)C3CCOCC3)ccc2n1. The van der Waals surface area contributed by atoms with E-state index in [9.17, 15) is 4.79 Å². The highest BCUT2D eigenvalue weighted by atomic mass is 16.5. The minimum Gasteiger partial charge on any atom is -0.381 e. The van der Waals surface area contributed by atoms with Gasteiger partial charge in [-0.3, -0.25) is 9.48 Å². The molecule has 6 nitrogen and oxygen atoms in total. The van der Waals surface area contributed by atoms with Gasteiger partial charge in [-0.25, -0.2) is 0 Å². The molecule has 1 aromatic heterocycles. The van der Waals surface area contributed by atoms with Gasteiger partial charge < -0.3 is 15.8 Å². The van der Waals surface area contributed by atoms with Gasteiger partial charge in [0.1, 0.15) is 0 Å². The zero-order valence-corrected chi connectivity index (χ0v) is 13.7. The Hall–Kier alpha value is -1.92. The molecule has 0 radical (unpaired) electrons. The molecule has 1 amide bonds. The van der Waals surface area contributed by atoms with Crippen LogP contribution in [0.2, 0.25) is 0 Å². The van der Waals surface area contributed by atoms with Crippen molar-refractivity contribution in [2.75, 3.05) is 18.5 Å². The molecule has 0 spiro atoms. The number of benzene rings is 1. The number of ether oxygens (including phenoxy) is 1. The van der Waals surface area contributed by atoms with Gasteiger partial charge in [-0.1, -0.05) is 0 Å². The van der Waals surface area contributed by atoms with Gasteiger partial charge in [0.2, 0.25) is 5.91 Å². The number of hydrogen-bond donors (Lipinski definition) is 2. The fourth-order valence-corrected chi connectivity index (χ4v) is 2.90. The van der Waals surface area contributed by atoms with E-state index in [1.807, 2.05) is 29.1 Å². The maximum atomic E-state index is 12.4. The summed E-state index contributed by atoms with van der Waals surface area (Å²) in [5.41, 5.74) is 7.79. The van der Waals surface area contributed by atoms with Crippen LogP contribution in [0.5, 0.6) is 0 Å². The second-order valence-corrected chi connectivity index (χ2v) is 6.44. The highest BCUT2D eigenvalue weighted by Gasteiger charge is 2.26. The van der Waals surface area contributed by atoms with Crippen LogP contribution in [-0.2, 0) is 9.53 Å². The molecular weight excluding hydrogens is 292 g/mol. The van der Waals surface area contributed by atoms with Crippen LogP contribution in [0.1, 0.15) is 32.7 Å². The smallest absolute Gasteiger partial charge is 0.241 e. The van der Waals surface area contributed by atoms with Crippen LogP contribution in [0.3, 0.4) is 0 Å². The lowest BCUT2D eigenvalue weighted by Gasteiger charge is -2.26. The number of nitrogens with zero attached hydrogens (tertiary/aromatic N) is 2. The second kappa shape index (κ2) is 6.68. The molecule has 124 valence electrons. The number of anilines is 1. The Balaban J connectivity index is 1.71. The molecule has 2 aromatic rings. The van der Waals surface area contributed by atoms with Gasteiger partial charge in [0.05, 0.1) is 11.6 Å². The summed E-state index contributed by atoms with van der Waals surface area (Å²) < 4.78 is 7.24. The van der Waals surface area contributed by atoms with Crippen molar-refractivity contribution in [1.29, 1.82) is 0 Å². The van der Waals surface area contributed by atoms with Crippen LogP contribution in [0.15, 0.2) is 24.4 Å². The standard InChI is InChI=1S/C17H24N4O2/c1-11(2)21-10-13-9-14(3-4-15(13)20-21)19-17(22)16(18)12-5-7-23-8-6-12/h3-4,9-12,16H,5-8,18H2,1-2H3,(H,19,22). The van der Waals surface area contributed by atoms with Gasteiger partial charge in [0.15, 0.2) is 0 Å². The van der Waals surface area contributed by atoms with Gasteiger partial charge in [-0.05, 0) is 50.8 Å². The summed E-state index contributed by atoms with van der Waals surface area (Å²) in [6.45, 7) is 5.54. The first-order chi connectivity index (χ1) is 11.0. The van der Waals surface area contributed by atoms with Crippen LogP contribution >= 0.6 is 0 Å². The fraction of sp³-hybridized carbons (Fsp3) is 0.529. The Morgan fingerprint density at radius 2 is 2.13 bits per heavy atom. The van der Waals surface area contributed by atoms with E-state index in [0.717, 1.165) is 29.4 Å². The first-order valence-corrected chi connectivity index (χ1v) is 8.17. The average Bonchev–Trinajstić information content (AvgIpc) is 2.98. The average molecular weight is 316 g/mol. The van der Waals surface area contributed by atoms with Gasteiger partial charge in [0.25, 0.3) is 0 Å². The molecule has 3 N–H and O–H groups in total. The third kappa shape index (κ3) is 3.54. The van der Waals surface area contributed by atoms with Crippen molar-refractivity contribution in [3.63, 3.8) is 0 Å². The third-order valence-electron chi connectivity index (χ3n) is 4.40. The van der Waals surface area contributed by atoms with Crippen molar-refractivity contribution in [3.05, 3.63) is 24.4 Å². The van der Waals surface area contributed by atoms with E-state index in [0.29, 0.717) is 19.3 Å². The summed E-state index contributed by atoms with van der Waals surface area (Å²) in [7, 11) is 0. The molecule has 23 heavy (non-hydrogen) atoms. The number of amides is 1. The molecular formula is C17H24N4O2. The van der Waals surface area contributed by atoms with Gasteiger partial charge in [-0.15, -0.1) is 0 Å². The summed E-state index contributed by atoms with van der Waals surface area (Å²) in [6.07, 6.45) is 3.68. The number of nitrogens with two attached hydrogens (primary N) is 1. The van der Waals surface area contributed by atoms with Gasteiger partial charge >= 0.3 is 0 Å². The maximum absolute atomic E-state index is 12.4. The summed E-state index contributed by atoms with van der Waals surface area (Å²) in [5, 5.41) is 8.44. The molecule has 6 heteroatoms. The van der Waals surface area contributed by atoms with E-state index in [4.69, 9.17) is 10.5 Å². The Morgan fingerprint density at radius 1 is 1.39 bits per heavy atom. The largest absolute Gasteiger partial charge is 0.381 e. The van der Waals surface area contributed by atoms with E-state index >= 15 is 0 Å². The highest BCUT2D eigenvalue weighted by Crippen LogP contribution is 2.22.